The van der Waals surface area contributed by atoms with E-state index in [1.807, 2.05) is 0 Å². The van der Waals surface area contributed by atoms with E-state index in [9.17, 15) is 8.42 Å². The van der Waals surface area contributed by atoms with Crippen molar-refractivity contribution in [2.24, 2.45) is 5.41 Å². The van der Waals surface area contributed by atoms with Crippen molar-refractivity contribution in [1.29, 1.82) is 0 Å². The monoisotopic (exact) mass is 297 g/mol. The first-order valence-corrected chi connectivity index (χ1v) is 8.55. The number of rotatable bonds is 4. The van der Waals surface area contributed by atoms with Crippen LogP contribution in [0.25, 0.3) is 0 Å². The van der Waals surface area contributed by atoms with Crippen LogP contribution in [0, 0.1) is 5.41 Å². The first-order chi connectivity index (χ1) is 9.41. The van der Waals surface area contributed by atoms with Crippen molar-refractivity contribution in [3.05, 3.63) is 29.8 Å². The lowest BCUT2D eigenvalue weighted by Crippen LogP contribution is -2.41. The summed E-state index contributed by atoms with van der Waals surface area (Å²) in [7, 11) is -3.39. The molecule has 1 aromatic rings. The van der Waals surface area contributed by atoms with Gasteiger partial charge < -0.3 is 5.11 Å². The number of hydrogen-bond acceptors (Lipinski definition) is 3. The van der Waals surface area contributed by atoms with Gasteiger partial charge in [0.15, 0.2) is 0 Å². The molecule has 5 heteroatoms. The van der Waals surface area contributed by atoms with Crippen molar-refractivity contribution < 1.29 is 13.5 Å². The topological polar surface area (TPSA) is 57.6 Å². The molecule has 0 aromatic heterocycles. The van der Waals surface area contributed by atoms with Gasteiger partial charge in [-0.15, -0.1) is 0 Å². The normalized spacial score (nSPS) is 19.9. The molecule has 0 spiro atoms. The van der Waals surface area contributed by atoms with E-state index in [-0.39, 0.29) is 12.0 Å². The molecule has 1 fully saturated rings. The minimum absolute atomic E-state index is 0.0705. The molecule has 1 aliphatic rings. The first kappa shape index (κ1) is 15.5. The Morgan fingerprint density at radius 2 is 1.75 bits per heavy atom. The zero-order valence-electron chi connectivity index (χ0n) is 12.2. The Morgan fingerprint density at radius 3 is 2.20 bits per heavy atom. The van der Waals surface area contributed by atoms with E-state index in [1.54, 1.807) is 28.6 Å². The third kappa shape index (κ3) is 3.05. The molecule has 20 heavy (non-hydrogen) atoms. The molecular formula is C15H23NO3S. The van der Waals surface area contributed by atoms with Gasteiger partial charge in [-0.1, -0.05) is 32.4 Å². The van der Waals surface area contributed by atoms with Gasteiger partial charge in [-0.2, -0.15) is 4.31 Å². The van der Waals surface area contributed by atoms with Crippen LogP contribution in [0.15, 0.2) is 29.2 Å². The third-order valence-corrected chi connectivity index (χ3v) is 6.44. The van der Waals surface area contributed by atoms with Gasteiger partial charge in [0.25, 0.3) is 0 Å². The van der Waals surface area contributed by atoms with E-state index >= 15 is 0 Å². The predicted octanol–water partition coefficient (Wildman–Crippen LogP) is 2.38. The van der Waals surface area contributed by atoms with Crippen molar-refractivity contribution in [2.75, 3.05) is 13.1 Å². The number of hydrogen-bond donors (Lipinski definition) is 1. The summed E-state index contributed by atoms with van der Waals surface area (Å²) in [6.45, 7) is 5.51. The van der Waals surface area contributed by atoms with Crippen LogP contribution in [0.3, 0.4) is 0 Å². The SMILES string of the molecule is CCC1(C)CCN(S(=O)(=O)c2ccc(CO)cc2)CC1. The second-order valence-electron chi connectivity index (χ2n) is 5.87. The van der Waals surface area contributed by atoms with E-state index in [0.717, 1.165) is 24.8 Å². The summed E-state index contributed by atoms with van der Waals surface area (Å²) in [5, 5.41) is 9.00. The molecule has 1 N–H and O–H groups in total. The van der Waals surface area contributed by atoms with Crippen LogP contribution in [0.1, 0.15) is 38.7 Å². The standard InChI is InChI=1S/C15H23NO3S/c1-3-15(2)8-10-16(11-9-15)20(18,19)14-6-4-13(12-17)5-7-14/h4-7,17H,3,8-12H2,1-2H3. The quantitative estimate of drug-likeness (QED) is 0.928. The van der Waals surface area contributed by atoms with Crippen LogP contribution in [-0.4, -0.2) is 30.9 Å². The molecule has 2 rings (SSSR count). The average Bonchev–Trinajstić information content (AvgIpc) is 2.48. The van der Waals surface area contributed by atoms with Crippen molar-refractivity contribution in [3.8, 4) is 0 Å². The summed E-state index contributed by atoms with van der Waals surface area (Å²) >= 11 is 0. The largest absolute Gasteiger partial charge is 0.392 e. The van der Waals surface area contributed by atoms with Gasteiger partial charge in [0, 0.05) is 13.1 Å². The summed E-state index contributed by atoms with van der Waals surface area (Å²) in [6.07, 6.45) is 2.92. The number of piperidine rings is 1. The molecule has 1 saturated heterocycles. The Kier molecular flexibility index (Phi) is 4.52. The Hall–Kier alpha value is -0.910. The Bertz CT molecular complexity index is 543. The second-order valence-corrected chi connectivity index (χ2v) is 7.81. The van der Waals surface area contributed by atoms with Crippen molar-refractivity contribution in [3.63, 3.8) is 0 Å². The lowest BCUT2D eigenvalue weighted by Gasteiger charge is -2.38. The summed E-state index contributed by atoms with van der Waals surface area (Å²) < 4.78 is 26.7. The lowest BCUT2D eigenvalue weighted by molar-refractivity contribution is 0.169. The van der Waals surface area contributed by atoms with Gasteiger partial charge in [0.2, 0.25) is 10.0 Å². The zero-order valence-corrected chi connectivity index (χ0v) is 13.0. The fourth-order valence-corrected chi connectivity index (χ4v) is 3.98. The molecule has 1 aliphatic heterocycles. The fourth-order valence-electron chi connectivity index (χ4n) is 2.54. The molecule has 0 atom stereocenters. The van der Waals surface area contributed by atoms with E-state index in [0.29, 0.717) is 18.0 Å². The maximum absolute atomic E-state index is 12.5. The molecule has 0 amide bonds. The van der Waals surface area contributed by atoms with Gasteiger partial charge in [-0.05, 0) is 36.0 Å². The van der Waals surface area contributed by atoms with E-state index in [1.165, 1.54) is 0 Å². The predicted molar refractivity (Wildman–Crippen MR) is 78.8 cm³/mol. The summed E-state index contributed by atoms with van der Waals surface area (Å²) in [5.41, 5.74) is 0.994. The second kappa shape index (κ2) is 5.84. The number of aliphatic hydroxyl groups excluding tert-OH is 1. The summed E-state index contributed by atoms with van der Waals surface area (Å²) in [5.74, 6) is 0. The van der Waals surface area contributed by atoms with E-state index in [4.69, 9.17) is 5.11 Å². The van der Waals surface area contributed by atoms with Gasteiger partial charge in [-0.25, -0.2) is 8.42 Å². The molecule has 0 saturated carbocycles. The van der Waals surface area contributed by atoms with Gasteiger partial charge in [0.05, 0.1) is 11.5 Å². The Labute approximate surface area is 121 Å². The van der Waals surface area contributed by atoms with Crippen LogP contribution < -0.4 is 0 Å². The van der Waals surface area contributed by atoms with Crippen LogP contribution in [-0.2, 0) is 16.6 Å². The van der Waals surface area contributed by atoms with Crippen molar-refractivity contribution >= 4 is 10.0 Å². The highest BCUT2D eigenvalue weighted by molar-refractivity contribution is 7.89. The highest BCUT2D eigenvalue weighted by Crippen LogP contribution is 2.35. The number of sulfonamides is 1. The van der Waals surface area contributed by atoms with Crippen molar-refractivity contribution in [1.82, 2.24) is 4.31 Å². The van der Waals surface area contributed by atoms with Crippen molar-refractivity contribution in [2.45, 2.75) is 44.6 Å². The molecule has 4 nitrogen and oxygen atoms in total. The molecule has 0 radical (unpaired) electrons. The fraction of sp³-hybridized carbons (Fsp3) is 0.600. The number of nitrogens with zero attached hydrogens (tertiary/aromatic N) is 1. The van der Waals surface area contributed by atoms with Crippen LogP contribution in [0.4, 0.5) is 0 Å². The minimum Gasteiger partial charge on any atom is -0.392 e. The summed E-state index contributed by atoms with van der Waals surface area (Å²) in [4.78, 5) is 0.315. The van der Waals surface area contributed by atoms with Gasteiger partial charge in [-0.3, -0.25) is 0 Å². The molecule has 0 unspecified atom stereocenters. The van der Waals surface area contributed by atoms with Crippen LogP contribution in [0.2, 0.25) is 0 Å². The Balaban J connectivity index is 2.15. The van der Waals surface area contributed by atoms with Crippen LogP contribution >= 0.6 is 0 Å². The van der Waals surface area contributed by atoms with E-state index < -0.39 is 10.0 Å². The lowest BCUT2D eigenvalue weighted by atomic mass is 9.79. The molecular weight excluding hydrogens is 274 g/mol. The maximum atomic E-state index is 12.5. The molecule has 112 valence electrons. The molecule has 0 aliphatic carbocycles. The van der Waals surface area contributed by atoms with E-state index in [2.05, 4.69) is 13.8 Å². The van der Waals surface area contributed by atoms with Gasteiger partial charge >= 0.3 is 0 Å². The summed E-state index contributed by atoms with van der Waals surface area (Å²) in [6, 6.07) is 6.48. The van der Waals surface area contributed by atoms with Gasteiger partial charge in [0.1, 0.15) is 0 Å². The molecule has 1 aromatic carbocycles. The first-order valence-electron chi connectivity index (χ1n) is 7.11. The molecule has 1 heterocycles. The molecule has 0 bridgehead atoms. The van der Waals surface area contributed by atoms with Crippen LogP contribution in [0.5, 0.6) is 0 Å². The minimum atomic E-state index is -3.39. The average molecular weight is 297 g/mol. The Morgan fingerprint density at radius 1 is 1.20 bits per heavy atom. The number of aliphatic hydroxyl groups is 1. The smallest absolute Gasteiger partial charge is 0.243 e. The highest BCUT2D eigenvalue weighted by atomic mass is 32.2. The number of benzene rings is 1. The third-order valence-electron chi connectivity index (χ3n) is 4.53. The zero-order chi connectivity index (χ0) is 14.8. The highest BCUT2D eigenvalue weighted by Gasteiger charge is 2.34. The maximum Gasteiger partial charge on any atom is 0.243 e.